The Labute approximate surface area is 90.4 Å². The Kier molecular flexibility index (Phi) is 8.34. The van der Waals surface area contributed by atoms with Gasteiger partial charge in [-0.3, -0.25) is 0 Å². The van der Waals surface area contributed by atoms with E-state index in [0.29, 0.717) is 0 Å². The van der Waals surface area contributed by atoms with E-state index in [0.717, 1.165) is 0 Å². The van der Waals surface area contributed by atoms with Crippen molar-refractivity contribution >= 4 is 0 Å². The summed E-state index contributed by atoms with van der Waals surface area (Å²) in [5.74, 6) is 0. The molecule has 0 radical (unpaired) electrons. The minimum absolute atomic E-state index is 0.0972. The van der Waals surface area contributed by atoms with Crippen LogP contribution in [0.15, 0.2) is 35.5 Å². The van der Waals surface area contributed by atoms with Crippen molar-refractivity contribution in [2.45, 2.75) is 37.7 Å². The molecule has 0 N–H and O–H groups in total. The van der Waals surface area contributed by atoms with Crippen LogP contribution in [0.3, 0.4) is 0 Å². The van der Waals surface area contributed by atoms with Gasteiger partial charge < -0.3 is 0 Å². The first kappa shape index (κ1) is 12.8. The van der Waals surface area contributed by atoms with Gasteiger partial charge in [-0.15, -0.1) is 0 Å². The normalized spacial score (nSPS) is 12.2. The Bertz CT molecular complexity index is 189. The van der Waals surface area contributed by atoms with Gasteiger partial charge in [0.2, 0.25) is 0 Å². The van der Waals surface area contributed by atoms with Crippen LogP contribution in [0, 0.1) is 0 Å². The molecule has 0 aromatic carbocycles. The summed E-state index contributed by atoms with van der Waals surface area (Å²) in [7, 11) is 0. The Morgan fingerprint density at radius 1 is 1.08 bits per heavy atom. The predicted octanol–water partition coefficient (Wildman–Crippen LogP) is 4.39. The van der Waals surface area contributed by atoms with Crippen molar-refractivity contribution in [2.75, 3.05) is 0 Å². The van der Waals surface area contributed by atoms with E-state index in [9.17, 15) is 0 Å². The Morgan fingerprint density at radius 2 is 1.54 bits per heavy atom. The molecular formula is C12H20Zn. The molecule has 0 amide bonds. The van der Waals surface area contributed by atoms with Gasteiger partial charge in [0.05, 0.1) is 0 Å². The molecule has 13 heavy (non-hydrogen) atoms. The fourth-order valence-corrected chi connectivity index (χ4v) is 2.54. The average molecular weight is 230 g/mol. The molecule has 0 aromatic rings. The molecule has 0 saturated carbocycles. The Morgan fingerprint density at radius 3 is 1.69 bits per heavy atom. The molecule has 0 heterocycles. The SMILES string of the molecule is CC(C)=C1C=CC=C1.C[CH2][Zn][CH2]C. The first-order valence-corrected chi connectivity index (χ1v) is 9.44. The van der Waals surface area contributed by atoms with E-state index in [1.807, 2.05) is 0 Å². The summed E-state index contributed by atoms with van der Waals surface area (Å²) in [5.41, 5.74) is 2.74. The van der Waals surface area contributed by atoms with Crippen molar-refractivity contribution in [3.63, 3.8) is 0 Å². The molecule has 0 atom stereocenters. The number of allylic oxidation sites excluding steroid dienone is 6. The van der Waals surface area contributed by atoms with Crippen molar-refractivity contribution in [1.29, 1.82) is 0 Å². The fourth-order valence-electron chi connectivity index (χ4n) is 1.06. The van der Waals surface area contributed by atoms with E-state index in [-0.39, 0.29) is 17.1 Å². The molecule has 0 nitrogen and oxygen atoms in total. The van der Waals surface area contributed by atoms with E-state index >= 15 is 0 Å². The van der Waals surface area contributed by atoms with Gasteiger partial charge in [-0.05, 0) is 19.4 Å². The molecule has 1 heteroatoms. The predicted molar refractivity (Wildman–Crippen MR) is 57.6 cm³/mol. The van der Waals surface area contributed by atoms with Gasteiger partial charge in [0.15, 0.2) is 0 Å². The summed E-state index contributed by atoms with van der Waals surface area (Å²) in [5, 5.41) is 3.06. The van der Waals surface area contributed by atoms with Gasteiger partial charge in [-0.2, -0.15) is 0 Å². The molecule has 0 saturated heterocycles. The third kappa shape index (κ3) is 6.96. The van der Waals surface area contributed by atoms with E-state index in [1.54, 1.807) is 0 Å². The topological polar surface area (TPSA) is 0 Å². The van der Waals surface area contributed by atoms with E-state index in [1.165, 1.54) is 21.2 Å². The second-order valence-electron chi connectivity index (χ2n) is 3.53. The maximum absolute atomic E-state index is 2.30. The van der Waals surface area contributed by atoms with Crippen molar-refractivity contribution in [2.24, 2.45) is 0 Å². The van der Waals surface area contributed by atoms with Crippen LogP contribution in [0.4, 0.5) is 0 Å². The minimum atomic E-state index is 0.0972. The van der Waals surface area contributed by atoms with Crippen molar-refractivity contribution in [3.8, 4) is 0 Å². The molecule has 0 spiro atoms. The quantitative estimate of drug-likeness (QED) is 0.616. The van der Waals surface area contributed by atoms with Gasteiger partial charge >= 0.3 is 41.0 Å². The molecule has 0 unspecified atom stereocenters. The van der Waals surface area contributed by atoms with Gasteiger partial charge in [0, 0.05) is 0 Å². The van der Waals surface area contributed by atoms with Crippen LogP contribution < -0.4 is 0 Å². The zero-order valence-electron chi connectivity index (χ0n) is 9.43. The van der Waals surface area contributed by atoms with Gasteiger partial charge in [0.1, 0.15) is 0 Å². The molecular weight excluding hydrogens is 210 g/mol. The summed E-state index contributed by atoms with van der Waals surface area (Å²) in [6.07, 6.45) is 8.36. The van der Waals surface area contributed by atoms with Crippen LogP contribution in [-0.2, 0) is 17.1 Å². The molecule has 0 aliphatic heterocycles. The van der Waals surface area contributed by atoms with Crippen LogP contribution in [0.2, 0.25) is 10.0 Å². The van der Waals surface area contributed by atoms with Crippen molar-refractivity contribution in [1.82, 2.24) is 0 Å². The first-order chi connectivity index (χ1) is 6.22. The average Bonchev–Trinajstić information content (AvgIpc) is 2.58. The van der Waals surface area contributed by atoms with Crippen LogP contribution in [-0.4, -0.2) is 0 Å². The van der Waals surface area contributed by atoms with Gasteiger partial charge in [0.25, 0.3) is 0 Å². The molecule has 1 aliphatic carbocycles. The van der Waals surface area contributed by atoms with E-state index in [2.05, 4.69) is 52.0 Å². The zero-order valence-corrected chi connectivity index (χ0v) is 12.4. The molecule has 70 valence electrons. The second-order valence-corrected chi connectivity index (χ2v) is 9.21. The third-order valence-corrected chi connectivity index (χ3v) is 4.91. The Hall–Kier alpha value is -0.157. The molecule has 0 fully saturated rings. The van der Waals surface area contributed by atoms with Gasteiger partial charge in [-0.25, -0.2) is 0 Å². The molecule has 1 rings (SSSR count). The van der Waals surface area contributed by atoms with Crippen molar-refractivity contribution < 1.29 is 17.1 Å². The van der Waals surface area contributed by atoms with E-state index < -0.39 is 0 Å². The second kappa shape index (κ2) is 8.44. The summed E-state index contributed by atoms with van der Waals surface area (Å²) in [4.78, 5) is 0. The number of rotatable bonds is 2. The van der Waals surface area contributed by atoms with Gasteiger partial charge in [-0.1, -0.05) is 29.9 Å². The fraction of sp³-hybridized carbons (Fsp3) is 0.500. The summed E-state index contributed by atoms with van der Waals surface area (Å²) >= 11 is 0.0972. The molecule has 0 bridgehead atoms. The standard InChI is InChI=1S/C8H10.2C2H5.Zn/c1-7(2)8-5-3-4-6-8;2*1-2;/h3-6H,1-2H3;2*1H2,2H3;. The third-order valence-electron chi connectivity index (χ3n) is 1.95. The zero-order chi connectivity index (χ0) is 10.1. The van der Waals surface area contributed by atoms with Crippen LogP contribution in [0.5, 0.6) is 0 Å². The van der Waals surface area contributed by atoms with Crippen LogP contribution >= 0.6 is 0 Å². The summed E-state index contributed by atoms with van der Waals surface area (Å²) in [6, 6.07) is 0. The Balaban J connectivity index is 0.000000252. The summed E-state index contributed by atoms with van der Waals surface area (Å²) in [6.45, 7) is 8.83. The monoisotopic (exact) mass is 228 g/mol. The maximum atomic E-state index is 2.30. The number of hydrogen-bond acceptors (Lipinski definition) is 0. The van der Waals surface area contributed by atoms with Crippen LogP contribution in [0.25, 0.3) is 0 Å². The number of hydrogen-bond donors (Lipinski definition) is 0. The van der Waals surface area contributed by atoms with Crippen molar-refractivity contribution in [3.05, 3.63) is 35.5 Å². The summed E-state index contributed by atoms with van der Waals surface area (Å²) < 4.78 is 0. The first-order valence-electron chi connectivity index (χ1n) is 5.24. The molecule has 0 aromatic heterocycles. The van der Waals surface area contributed by atoms with Crippen LogP contribution in [0.1, 0.15) is 27.7 Å². The van der Waals surface area contributed by atoms with E-state index in [4.69, 9.17) is 0 Å². The molecule has 1 aliphatic rings.